The molecule has 1 aliphatic rings. The van der Waals surface area contributed by atoms with E-state index in [1.54, 1.807) is 23.6 Å². The standard InChI is InChI=1S/C21H19F3N2O3S2/c22-21(23,24)15-9-12(5-7-17(15)29-13-3-1-2-4-13)25-20-26-16(11-30-20)18-8-6-14(31-18)10-19(27)28/h5-9,11,13H,1-4,10H2,(H,25,26)(H,27,28). The molecule has 0 unspecified atom stereocenters. The van der Waals surface area contributed by atoms with Crippen LogP contribution in [0.2, 0.25) is 0 Å². The van der Waals surface area contributed by atoms with E-state index in [0.29, 0.717) is 15.7 Å². The maximum absolute atomic E-state index is 13.6. The van der Waals surface area contributed by atoms with E-state index in [1.807, 2.05) is 0 Å². The van der Waals surface area contributed by atoms with Gasteiger partial charge in [-0.2, -0.15) is 13.2 Å². The van der Waals surface area contributed by atoms with Gasteiger partial charge >= 0.3 is 12.1 Å². The summed E-state index contributed by atoms with van der Waals surface area (Å²) in [5, 5.41) is 14.0. The molecular weight excluding hydrogens is 449 g/mol. The molecule has 1 saturated carbocycles. The van der Waals surface area contributed by atoms with Gasteiger partial charge in [0.15, 0.2) is 5.13 Å². The van der Waals surface area contributed by atoms with Gasteiger partial charge in [-0.1, -0.05) is 0 Å². The Morgan fingerprint density at radius 1 is 1.23 bits per heavy atom. The maximum Gasteiger partial charge on any atom is 0.420 e. The van der Waals surface area contributed by atoms with Crippen LogP contribution in [-0.2, 0) is 17.4 Å². The fraction of sp³-hybridized carbons (Fsp3) is 0.333. The number of nitrogens with one attached hydrogen (secondary N) is 1. The highest BCUT2D eigenvalue weighted by Gasteiger charge is 2.35. The Balaban J connectivity index is 1.51. The first kappa shape index (κ1) is 21.6. The summed E-state index contributed by atoms with van der Waals surface area (Å²) in [5.74, 6) is -1.05. The minimum atomic E-state index is -4.53. The SMILES string of the molecule is O=C(O)Cc1ccc(-c2csc(Nc3ccc(OC4CCCC4)c(C(F)(F)F)c3)n2)s1. The van der Waals surface area contributed by atoms with Crippen molar-refractivity contribution in [2.24, 2.45) is 0 Å². The Hall–Kier alpha value is -2.59. The number of thiazole rings is 1. The maximum atomic E-state index is 13.6. The van der Waals surface area contributed by atoms with Crippen LogP contribution in [0.1, 0.15) is 36.1 Å². The van der Waals surface area contributed by atoms with Gasteiger partial charge in [-0.05, 0) is 56.0 Å². The van der Waals surface area contributed by atoms with Gasteiger partial charge in [-0.15, -0.1) is 22.7 Å². The first-order chi connectivity index (χ1) is 14.8. The topological polar surface area (TPSA) is 71.5 Å². The van der Waals surface area contributed by atoms with Gasteiger partial charge in [0.25, 0.3) is 0 Å². The van der Waals surface area contributed by atoms with E-state index in [9.17, 15) is 18.0 Å². The van der Waals surface area contributed by atoms with Crippen molar-refractivity contribution >= 4 is 39.5 Å². The van der Waals surface area contributed by atoms with Gasteiger partial charge in [0.1, 0.15) is 5.75 Å². The predicted octanol–water partition coefficient (Wildman–Crippen LogP) is 6.58. The molecule has 2 heterocycles. The summed E-state index contributed by atoms with van der Waals surface area (Å²) in [6.07, 6.45) is -1.27. The number of hydrogen-bond acceptors (Lipinski definition) is 6. The summed E-state index contributed by atoms with van der Waals surface area (Å²) >= 11 is 2.59. The molecule has 0 radical (unpaired) electrons. The summed E-state index contributed by atoms with van der Waals surface area (Å²) in [4.78, 5) is 16.8. The van der Waals surface area contributed by atoms with Crippen molar-refractivity contribution in [3.63, 3.8) is 0 Å². The van der Waals surface area contributed by atoms with E-state index in [0.717, 1.165) is 36.6 Å². The lowest BCUT2D eigenvalue weighted by Crippen LogP contribution is -2.15. The van der Waals surface area contributed by atoms with Gasteiger partial charge in [0.2, 0.25) is 0 Å². The van der Waals surface area contributed by atoms with Crippen LogP contribution in [0, 0.1) is 0 Å². The fourth-order valence-electron chi connectivity index (χ4n) is 3.45. The smallest absolute Gasteiger partial charge is 0.420 e. The molecule has 31 heavy (non-hydrogen) atoms. The monoisotopic (exact) mass is 468 g/mol. The summed E-state index contributed by atoms with van der Waals surface area (Å²) in [7, 11) is 0. The largest absolute Gasteiger partial charge is 0.490 e. The molecule has 10 heteroatoms. The summed E-state index contributed by atoms with van der Waals surface area (Å²) in [6.45, 7) is 0. The molecule has 0 saturated heterocycles. The Labute approximate surface area is 184 Å². The molecule has 1 fully saturated rings. The quantitative estimate of drug-likeness (QED) is 0.410. The molecule has 0 bridgehead atoms. The van der Waals surface area contributed by atoms with Crippen molar-refractivity contribution in [1.82, 2.24) is 4.98 Å². The Kier molecular flexibility index (Phi) is 6.19. The van der Waals surface area contributed by atoms with Crippen LogP contribution in [0.5, 0.6) is 5.75 Å². The number of halogens is 3. The number of nitrogens with zero attached hydrogens (tertiary/aromatic N) is 1. The van der Waals surface area contributed by atoms with Crippen LogP contribution in [-0.4, -0.2) is 22.2 Å². The summed E-state index contributed by atoms with van der Waals surface area (Å²) in [5.41, 5.74) is 0.105. The van der Waals surface area contributed by atoms with E-state index in [4.69, 9.17) is 9.84 Å². The minimum Gasteiger partial charge on any atom is -0.490 e. The number of ether oxygens (including phenoxy) is 1. The number of hydrogen-bond donors (Lipinski definition) is 2. The second kappa shape index (κ2) is 8.88. The van der Waals surface area contributed by atoms with Gasteiger partial charge in [-0.3, -0.25) is 4.79 Å². The average Bonchev–Trinajstić information content (AvgIpc) is 3.44. The lowest BCUT2D eigenvalue weighted by Gasteiger charge is -2.19. The molecule has 0 spiro atoms. The van der Waals surface area contributed by atoms with E-state index < -0.39 is 17.7 Å². The molecule has 5 nitrogen and oxygen atoms in total. The van der Waals surface area contributed by atoms with Crippen molar-refractivity contribution in [3.05, 3.63) is 46.2 Å². The second-order valence-electron chi connectivity index (χ2n) is 7.23. The first-order valence-electron chi connectivity index (χ1n) is 9.69. The number of carboxylic acids is 1. The van der Waals surface area contributed by atoms with Crippen LogP contribution in [0.3, 0.4) is 0 Å². The third-order valence-corrected chi connectivity index (χ3v) is 6.74. The van der Waals surface area contributed by atoms with Crippen LogP contribution < -0.4 is 10.1 Å². The highest BCUT2D eigenvalue weighted by Crippen LogP contribution is 2.40. The van der Waals surface area contributed by atoms with Crippen LogP contribution in [0.25, 0.3) is 10.6 Å². The van der Waals surface area contributed by atoms with Crippen molar-refractivity contribution in [2.75, 3.05) is 5.32 Å². The Morgan fingerprint density at radius 3 is 2.71 bits per heavy atom. The zero-order valence-electron chi connectivity index (χ0n) is 16.2. The molecule has 1 aromatic carbocycles. The van der Waals surface area contributed by atoms with Crippen LogP contribution in [0.15, 0.2) is 35.7 Å². The highest BCUT2D eigenvalue weighted by atomic mass is 32.1. The molecule has 3 aromatic rings. The number of aliphatic carboxylic acids is 1. The number of thiophene rings is 1. The van der Waals surface area contributed by atoms with Crippen molar-refractivity contribution in [1.29, 1.82) is 0 Å². The third-order valence-electron chi connectivity index (χ3n) is 4.88. The first-order valence-corrected chi connectivity index (χ1v) is 11.4. The van der Waals surface area contributed by atoms with Crippen molar-refractivity contribution in [2.45, 2.75) is 44.4 Å². The number of carboxylic acid groups (broad SMARTS) is 1. The fourth-order valence-corrected chi connectivity index (χ4v) is 5.21. The Morgan fingerprint density at radius 2 is 2.00 bits per heavy atom. The normalized spacial score (nSPS) is 14.7. The van der Waals surface area contributed by atoms with Crippen molar-refractivity contribution in [3.8, 4) is 16.3 Å². The Bertz CT molecular complexity index is 1070. The third kappa shape index (κ3) is 5.37. The number of carbonyl (C=O) groups is 1. The van der Waals surface area contributed by atoms with Gasteiger partial charge in [-0.25, -0.2) is 4.98 Å². The summed E-state index contributed by atoms with van der Waals surface area (Å²) < 4.78 is 46.4. The molecular formula is C21H19F3N2O3S2. The molecule has 1 aliphatic carbocycles. The average molecular weight is 469 g/mol. The van der Waals surface area contributed by atoms with Gasteiger partial charge in [0.05, 0.1) is 28.7 Å². The zero-order chi connectivity index (χ0) is 22.0. The lowest BCUT2D eigenvalue weighted by atomic mass is 10.1. The molecule has 2 N–H and O–H groups in total. The second-order valence-corrected chi connectivity index (χ2v) is 9.26. The van der Waals surface area contributed by atoms with Gasteiger partial charge in [0, 0.05) is 15.9 Å². The molecule has 2 aromatic heterocycles. The molecule has 0 amide bonds. The highest BCUT2D eigenvalue weighted by molar-refractivity contribution is 7.17. The number of alkyl halides is 3. The van der Waals surface area contributed by atoms with Crippen molar-refractivity contribution < 1.29 is 27.8 Å². The summed E-state index contributed by atoms with van der Waals surface area (Å²) in [6, 6.07) is 7.48. The number of benzene rings is 1. The molecule has 0 atom stereocenters. The molecule has 0 aliphatic heterocycles. The minimum absolute atomic E-state index is 0.0601. The van der Waals surface area contributed by atoms with E-state index in [2.05, 4.69) is 10.3 Å². The van der Waals surface area contributed by atoms with E-state index >= 15 is 0 Å². The van der Waals surface area contributed by atoms with E-state index in [-0.39, 0.29) is 24.0 Å². The number of anilines is 2. The predicted molar refractivity (Wildman–Crippen MR) is 114 cm³/mol. The lowest BCUT2D eigenvalue weighted by molar-refractivity contribution is -0.139. The van der Waals surface area contributed by atoms with Crippen LogP contribution >= 0.6 is 22.7 Å². The molecule has 164 valence electrons. The van der Waals surface area contributed by atoms with E-state index in [1.165, 1.54) is 28.7 Å². The zero-order valence-corrected chi connectivity index (χ0v) is 17.9. The number of rotatable bonds is 7. The number of aromatic nitrogens is 1. The van der Waals surface area contributed by atoms with Gasteiger partial charge < -0.3 is 15.2 Å². The van der Waals surface area contributed by atoms with Crippen LogP contribution in [0.4, 0.5) is 24.0 Å². The molecule has 4 rings (SSSR count).